The van der Waals surface area contributed by atoms with E-state index in [0.29, 0.717) is 31.5 Å². The summed E-state index contributed by atoms with van der Waals surface area (Å²) in [5, 5.41) is 0. The largest absolute Gasteiger partial charge is 0.469 e. The zero-order valence-electron chi connectivity index (χ0n) is 20.7. The Morgan fingerprint density at radius 3 is 2.69 bits per heavy atom. The average Bonchev–Trinajstić information content (AvgIpc) is 3.45. The average molecular weight is 481 g/mol. The normalized spacial score (nSPS) is 25.4. The maximum atomic E-state index is 13.7. The van der Waals surface area contributed by atoms with E-state index in [1.165, 1.54) is 12.7 Å². The van der Waals surface area contributed by atoms with Crippen LogP contribution in [-0.2, 0) is 30.8 Å². The van der Waals surface area contributed by atoms with Gasteiger partial charge in [-0.3, -0.25) is 4.79 Å². The van der Waals surface area contributed by atoms with Crippen LogP contribution >= 0.6 is 0 Å². The lowest BCUT2D eigenvalue weighted by Crippen LogP contribution is -2.41. The van der Waals surface area contributed by atoms with Gasteiger partial charge in [0.15, 0.2) is 0 Å². The van der Waals surface area contributed by atoms with Gasteiger partial charge in [0.1, 0.15) is 5.82 Å². The molecular formula is C30H37FO4. The molecule has 0 radical (unpaired) electrons. The fourth-order valence-electron chi connectivity index (χ4n) is 5.83. The van der Waals surface area contributed by atoms with E-state index in [1.807, 2.05) is 18.2 Å². The lowest BCUT2D eigenvalue weighted by molar-refractivity contribution is -0.140. The highest BCUT2D eigenvalue weighted by Gasteiger charge is 2.59. The van der Waals surface area contributed by atoms with Crippen molar-refractivity contribution in [1.29, 1.82) is 0 Å². The topological polar surface area (TPSA) is 44.8 Å². The molecule has 4 atom stereocenters. The second-order valence-electron chi connectivity index (χ2n) is 9.83. The molecule has 1 aliphatic heterocycles. The zero-order chi connectivity index (χ0) is 24.5. The lowest BCUT2D eigenvalue weighted by atomic mass is 9.69. The molecule has 0 aromatic heterocycles. The van der Waals surface area contributed by atoms with Gasteiger partial charge in [-0.25, -0.2) is 4.39 Å². The van der Waals surface area contributed by atoms with Crippen molar-refractivity contribution >= 4 is 5.97 Å². The van der Waals surface area contributed by atoms with Gasteiger partial charge in [0.25, 0.3) is 0 Å². The van der Waals surface area contributed by atoms with Crippen LogP contribution < -0.4 is 0 Å². The van der Waals surface area contributed by atoms with Crippen molar-refractivity contribution in [2.24, 2.45) is 11.8 Å². The van der Waals surface area contributed by atoms with Gasteiger partial charge in [-0.15, -0.1) is 0 Å². The Balaban J connectivity index is 1.37. The van der Waals surface area contributed by atoms with Gasteiger partial charge in [-0.05, 0) is 67.7 Å². The molecule has 1 heterocycles. The predicted molar refractivity (Wildman–Crippen MR) is 135 cm³/mol. The van der Waals surface area contributed by atoms with Crippen LogP contribution in [0.15, 0.2) is 66.7 Å². The van der Waals surface area contributed by atoms with E-state index in [1.54, 1.807) is 12.1 Å². The summed E-state index contributed by atoms with van der Waals surface area (Å²) in [7, 11) is 1.42. The van der Waals surface area contributed by atoms with Gasteiger partial charge in [-0.2, -0.15) is 0 Å². The quantitative estimate of drug-likeness (QED) is 0.199. The third kappa shape index (κ3) is 6.39. The highest BCUT2D eigenvalue weighted by atomic mass is 19.1. The van der Waals surface area contributed by atoms with Gasteiger partial charge in [0.2, 0.25) is 0 Å². The number of carbonyl (C=O) groups is 1. The summed E-state index contributed by atoms with van der Waals surface area (Å²) < 4.78 is 30.8. The number of hydrogen-bond donors (Lipinski definition) is 0. The minimum Gasteiger partial charge on any atom is -0.469 e. The molecule has 2 fully saturated rings. The molecule has 0 unspecified atom stereocenters. The summed E-state index contributed by atoms with van der Waals surface area (Å²) in [6.45, 7) is 2.09. The predicted octanol–water partition coefficient (Wildman–Crippen LogP) is 6.04. The fourth-order valence-corrected chi connectivity index (χ4v) is 5.83. The highest BCUT2D eigenvalue weighted by Crippen LogP contribution is 2.56. The number of esters is 1. The van der Waals surface area contributed by atoms with Gasteiger partial charge >= 0.3 is 5.97 Å². The van der Waals surface area contributed by atoms with E-state index < -0.39 is 0 Å². The monoisotopic (exact) mass is 480 g/mol. The number of unbranched alkanes of at least 4 members (excludes halogenated alkanes) is 1. The van der Waals surface area contributed by atoms with Crippen molar-refractivity contribution in [3.63, 3.8) is 0 Å². The molecule has 4 rings (SSSR count). The fraction of sp³-hybridized carbons (Fsp3) is 0.500. The Morgan fingerprint density at radius 2 is 1.91 bits per heavy atom. The van der Waals surface area contributed by atoms with Crippen LogP contribution in [0.4, 0.5) is 4.39 Å². The number of fused-ring (bicyclic) bond motifs is 2. The van der Waals surface area contributed by atoms with Gasteiger partial charge < -0.3 is 14.2 Å². The molecule has 2 aliphatic rings. The molecule has 2 bridgehead atoms. The Morgan fingerprint density at radius 1 is 1.11 bits per heavy atom. The minimum absolute atomic E-state index is 0.104. The molecule has 0 N–H and O–H groups in total. The molecule has 4 nitrogen and oxygen atoms in total. The molecule has 1 aliphatic carbocycles. The van der Waals surface area contributed by atoms with Crippen LogP contribution in [-0.4, -0.2) is 39.0 Å². The Kier molecular flexibility index (Phi) is 9.11. The second-order valence-corrected chi connectivity index (χ2v) is 9.83. The summed E-state index contributed by atoms with van der Waals surface area (Å²) in [5.74, 6) is 0.310. The Bertz CT molecular complexity index is 958. The summed E-state index contributed by atoms with van der Waals surface area (Å²) in [4.78, 5) is 11.3. The van der Waals surface area contributed by atoms with Gasteiger partial charge in [0.05, 0.1) is 26.4 Å². The number of rotatable bonds is 13. The zero-order valence-corrected chi connectivity index (χ0v) is 20.7. The molecule has 1 saturated carbocycles. The number of hydrogen-bond acceptors (Lipinski definition) is 4. The molecule has 0 amide bonds. The SMILES string of the molecule is COC(=O)CCCC=CC[C@H]1[C@H](COCCCc2ccccc2)[C@@H]2C[C@@]1(c1ccc(F)cc1)CO2. The number of methoxy groups -OCH3 is 1. The number of aryl methyl sites for hydroxylation is 1. The first kappa shape index (κ1) is 25.6. The second kappa shape index (κ2) is 12.5. The van der Waals surface area contributed by atoms with E-state index in [-0.39, 0.29) is 23.3 Å². The summed E-state index contributed by atoms with van der Waals surface area (Å²) >= 11 is 0. The minimum atomic E-state index is -0.209. The molecule has 1 saturated heterocycles. The first-order valence-corrected chi connectivity index (χ1v) is 12.8. The number of allylic oxidation sites excluding steroid dienone is 2. The lowest BCUT2D eigenvalue weighted by Gasteiger charge is -2.39. The van der Waals surface area contributed by atoms with Gasteiger partial charge in [-0.1, -0.05) is 54.6 Å². The number of ether oxygens (including phenoxy) is 3. The van der Waals surface area contributed by atoms with Crippen molar-refractivity contribution < 1.29 is 23.4 Å². The third-order valence-electron chi connectivity index (χ3n) is 7.69. The maximum Gasteiger partial charge on any atom is 0.305 e. The third-order valence-corrected chi connectivity index (χ3v) is 7.69. The molecular weight excluding hydrogens is 443 g/mol. The molecule has 2 aromatic carbocycles. The molecule has 2 aromatic rings. The Hall–Kier alpha value is -2.50. The van der Waals surface area contributed by atoms with E-state index in [0.717, 1.165) is 50.7 Å². The van der Waals surface area contributed by atoms with Crippen LogP contribution in [0.5, 0.6) is 0 Å². The smallest absolute Gasteiger partial charge is 0.305 e. The van der Waals surface area contributed by atoms with Crippen molar-refractivity contribution in [3.8, 4) is 0 Å². The van der Waals surface area contributed by atoms with Crippen LogP contribution in [0.3, 0.4) is 0 Å². The standard InChI is InChI=1S/C30H37FO4/c1-33-29(32)14-8-3-2-7-13-27-26(21-34-19-9-12-23-10-5-4-6-11-23)28-20-30(27,22-35-28)24-15-17-25(31)18-16-24/h2,4-7,10-11,15-18,26-28H,3,8-9,12-14,19-22H2,1H3/t26-,27-,28-,30-/m0/s1. The molecule has 0 spiro atoms. The van der Waals surface area contributed by atoms with Crippen LogP contribution in [0.1, 0.15) is 49.7 Å². The van der Waals surface area contributed by atoms with Crippen LogP contribution in [0, 0.1) is 17.7 Å². The maximum absolute atomic E-state index is 13.7. The van der Waals surface area contributed by atoms with E-state index in [9.17, 15) is 9.18 Å². The number of halogens is 1. The number of carbonyl (C=O) groups excluding carboxylic acids is 1. The number of benzene rings is 2. The summed E-state index contributed by atoms with van der Waals surface area (Å²) in [5.41, 5.74) is 2.40. The first-order chi connectivity index (χ1) is 17.1. The van der Waals surface area contributed by atoms with E-state index in [4.69, 9.17) is 14.2 Å². The van der Waals surface area contributed by atoms with Crippen LogP contribution in [0.25, 0.3) is 0 Å². The van der Waals surface area contributed by atoms with Crippen molar-refractivity contribution in [3.05, 3.63) is 83.7 Å². The summed E-state index contributed by atoms with van der Waals surface area (Å²) in [6, 6.07) is 17.5. The van der Waals surface area contributed by atoms with Crippen molar-refractivity contribution in [2.75, 3.05) is 26.9 Å². The van der Waals surface area contributed by atoms with Crippen molar-refractivity contribution in [1.82, 2.24) is 0 Å². The van der Waals surface area contributed by atoms with Gasteiger partial charge in [0, 0.05) is 24.4 Å². The highest BCUT2D eigenvalue weighted by molar-refractivity contribution is 5.69. The van der Waals surface area contributed by atoms with E-state index in [2.05, 4.69) is 36.4 Å². The summed E-state index contributed by atoms with van der Waals surface area (Å²) in [6.07, 6.45) is 10.6. The molecule has 5 heteroatoms. The molecule has 35 heavy (non-hydrogen) atoms. The van der Waals surface area contributed by atoms with Crippen molar-refractivity contribution in [2.45, 2.75) is 56.5 Å². The first-order valence-electron chi connectivity index (χ1n) is 12.8. The van der Waals surface area contributed by atoms with Crippen LogP contribution in [0.2, 0.25) is 0 Å². The van der Waals surface area contributed by atoms with E-state index >= 15 is 0 Å². The molecule has 188 valence electrons. The Labute approximate surface area is 208 Å².